The van der Waals surface area contributed by atoms with Crippen molar-refractivity contribution in [2.24, 2.45) is 11.8 Å². The molecule has 1 aliphatic rings. The molecule has 1 aromatic rings. The molecule has 1 heterocycles. The number of aliphatic carboxylic acids is 1. The van der Waals surface area contributed by atoms with Crippen LogP contribution in [0.4, 0.5) is 0 Å². The fourth-order valence-electron chi connectivity index (χ4n) is 4.26. The molecule has 1 amide bonds. The first-order valence-corrected chi connectivity index (χ1v) is 13.2. The van der Waals surface area contributed by atoms with Crippen LogP contribution in [-0.4, -0.2) is 66.6 Å². The fourth-order valence-corrected chi connectivity index (χ4v) is 5.47. The van der Waals surface area contributed by atoms with Crippen molar-refractivity contribution >= 4 is 26.0 Å². The van der Waals surface area contributed by atoms with Crippen LogP contribution in [0.25, 0.3) is 0 Å². The monoisotopic (exact) mass is 510 g/mol. The Bertz CT molecular complexity index is 887. The number of phosphoric acid groups is 1. The topological polar surface area (TPSA) is 131 Å². The summed E-state index contributed by atoms with van der Waals surface area (Å²) in [5.74, 6) is -3.84. The van der Waals surface area contributed by atoms with Crippen LogP contribution in [0.1, 0.15) is 32.3 Å². The van der Waals surface area contributed by atoms with Crippen LogP contribution in [0, 0.1) is 11.8 Å². The van der Waals surface area contributed by atoms with E-state index in [0.717, 1.165) is 5.56 Å². The highest BCUT2D eigenvalue weighted by molar-refractivity contribution is 7.48. The molecule has 0 radical (unpaired) electrons. The van der Waals surface area contributed by atoms with Gasteiger partial charge in [-0.2, -0.15) is 0 Å². The second-order valence-corrected chi connectivity index (χ2v) is 9.68. The predicted octanol–water partition coefficient (Wildman–Crippen LogP) is 3.04. The number of hydrogen-bond acceptors (Lipinski definition) is 8. The lowest BCUT2D eigenvalue weighted by molar-refractivity contribution is -0.147. The van der Waals surface area contributed by atoms with Gasteiger partial charge in [0, 0.05) is 19.1 Å². The number of aldehydes is 1. The van der Waals surface area contributed by atoms with E-state index in [2.05, 4.69) is 11.9 Å². The van der Waals surface area contributed by atoms with Crippen molar-refractivity contribution < 1.29 is 37.6 Å². The Hall–Kier alpha value is -2.36. The van der Waals surface area contributed by atoms with Crippen LogP contribution in [-0.2, 0) is 39.1 Å². The van der Waals surface area contributed by atoms with Gasteiger partial charge in [0.1, 0.15) is 6.29 Å². The molecule has 11 heteroatoms. The molecule has 0 bridgehead atoms. The van der Waals surface area contributed by atoms with E-state index in [0.29, 0.717) is 25.7 Å². The van der Waals surface area contributed by atoms with Crippen molar-refractivity contribution in [1.82, 2.24) is 10.2 Å². The van der Waals surface area contributed by atoms with Gasteiger partial charge in [0.25, 0.3) is 0 Å². The molecule has 4 atom stereocenters. The van der Waals surface area contributed by atoms with Gasteiger partial charge in [0.05, 0.1) is 37.7 Å². The lowest BCUT2D eigenvalue weighted by Gasteiger charge is -2.27. The Morgan fingerprint density at radius 1 is 1.09 bits per heavy atom. The molecule has 2 N–H and O–H groups in total. The highest BCUT2D eigenvalue weighted by atomic mass is 31.2. The van der Waals surface area contributed by atoms with Crippen molar-refractivity contribution in [3.05, 3.63) is 48.6 Å². The molecule has 194 valence electrons. The maximum Gasteiger partial charge on any atom is 0.474 e. The summed E-state index contributed by atoms with van der Waals surface area (Å²) < 4.78 is 27.7. The van der Waals surface area contributed by atoms with Crippen molar-refractivity contribution in [1.29, 1.82) is 0 Å². The van der Waals surface area contributed by atoms with E-state index in [-0.39, 0.29) is 26.4 Å². The van der Waals surface area contributed by atoms with Gasteiger partial charge >= 0.3 is 13.8 Å². The number of unbranched alkanes of at least 4 members (excludes halogenated alkanes) is 1. The molecule has 35 heavy (non-hydrogen) atoms. The van der Waals surface area contributed by atoms with Gasteiger partial charge in [0.2, 0.25) is 5.91 Å². The summed E-state index contributed by atoms with van der Waals surface area (Å²) >= 11 is 0. The maximum atomic E-state index is 13.1. The van der Waals surface area contributed by atoms with E-state index in [1.165, 1.54) is 6.08 Å². The summed E-state index contributed by atoms with van der Waals surface area (Å²) in [7, 11) is -3.58. The van der Waals surface area contributed by atoms with Crippen molar-refractivity contribution in [2.75, 3.05) is 26.4 Å². The third kappa shape index (κ3) is 7.81. The van der Waals surface area contributed by atoms with Crippen LogP contribution >= 0.6 is 7.82 Å². The second kappa shape index (κ2) is 14.3. The van der Waals surface area contributed by atoms with Crippen LogP contribution in [0.15, 0.2) is 43.0 Å². The number of benzene rings is 1. The molecule has 4 unspecified atom stereocenters. The third-order valence-corrected chi connectivity index (χ3v) is 7.41. The number of nitrogens with zero attached hydrogens (tertiary/aromatic N) is 1. The molecular formula is C24H35N2O8P. The Balaban J connectivity index is 1.99. The number of carbonyl (C=O) groups excluding carboxylic acids is 2. The van der Waals surface area contributed by atoms with E-state index < -0.39 is 43.6 Å². The Labute approximate surface area is 206 Å². The Morgan fingerprint density at radius 3 is 2.29 bits per heavy atom. The van der Waals surface area contributed by atoms with Gasteiger partial charge in [-0.1, -0.05) is 36.4 Å². The quantitative estimate of drug-likeness (QED) is 0.149. The van der Waals surface area contributed by atoms with Crippen LogP contribution < -0.4 is 5.32 Å². The van der Waals surface area contributed by atoms with Crippen LogP contribution in [0.3, 0.4) is 0 Å². The molecule has 2 rings (SSSR count). The predicted molar refractivity (Wildman–Crippen MR) is 129 cm³/mol. The number of carboxylic acids is 1. The highest BCUT2D eigenvalue weighted by Gasteiger charge is 2.54. The summed E-state index contributed by atoms with van der Waals surface area (Å²) in [4.78, 5) is 38.8. The number of likely N-dealkylation sites (tertiary alicyclic amines) is 1. The molecule has 1 aliphatic heterocycles. The lowest BCUT2D eigenvalue weighted by atomic mass is 9.86. The van der Waals surface area contributed by atoms with Gasteiger partial charge in [-0.05, 0) is 32.3 Å². The molecular weight excluding hydrogens is 475 g/mol. The number of hydrogen-bond donors (Lipinski definition) is 2. The molecule has 0 saturated carbocycles. The lowest BCUT2D eigenvalue weighted by Crippen LogP contribution is -2.42. The van der Waals surface area contributed by atoms with Gasteiger partial charge in [-0.3, -0.25) is 28.1 Å². The average Bonchev–Trinajstić information content (AvgIpc) is 3.15. The minimum Gasteiger partial charge on any atom is -0.481 e. The largest absolute Gasteiger partial charge is 0.481 e. The molecule has 10 nitrogen and oxygen atoms in total. The maximum absolute atomic E-state index is 13.1. The summed E-state index contributed by atoms with van der Waals surface area (Å²) in [6.45, 7) is 8.23. The van der Waals surface area contributed by atoms with E-state index in [1.807, 2.05) is 30.3 Å². The number of carbonyl (C=O) groups is 3. The highest BCUT2D eigenvalue weighted by Crippen LogP contribution is 2.49. The smallest absolute Gasteiger partial charge is 0.474 e. The van der Waals surface area contributed by atoms with Gasteiger partial charge < -0.3 is 15.2 Å². The van der Waals surface area contributed by atoms with Crippen LogP contribution in [0.2, 0.25) is 0 Å². The number of rotatable bonds is 16. The molecule has 1 saturated heterocycles. The average molecular weight is 511 g/mol. The summed E-state index contributed by atoms with van der Waals surface area (Å²) in [5, 5.41) is 12.6. The zero-order valence-corrected chi connectivity index (χ0v) is 21.1. The molecule has 0 aliphatic carbocycles. The number of amides is 1. The first kappa shape index (κ1) is 28.9. The van der Waals surface area contributed by atoms with Crippen LogP contribution in [0.5, 0.6) is 0 Å². The normalized spacial score (nSPS) is 22.6. The second-order valence-electron chi connectivity index (χ2n) is 8.01. The van der Waals surface area contributed by atoms with Gasteiger partial charge in [0.15, 0.2) is 0 Å². The van der Waals surface area contributed by atoms with E-state index in [9.17, 15) is 24.1 Å². The van der Waals surface area contributed by atoms with E-state index in [1.54, 1.807) is 18.7 Å². The van der Waals surface area contributed by atoms with Crippen molar-refractivity contribution in [3.8, 4) is 0 Å². The molecule has 1 fully saturated rings. The Kier molecular flexibility index (Phi) is 11.8. The number of nitrogens with one attached hydrogen (secondary N) is 1. The number of carboxylic acid groups (broad SMARTS) is 1. The number of phosphoric ester groups is 1. The first-order chi connectivity index (χ1) is 16.8. The minimum atomic E-state index is -3.58. The molecule has 1 aromatic carbocycles. The van der Waals surface area contributed by atoms with E-state index in [4.69, 9.17) is 13.6 Å². The van der Waals surface area contributed by atoms with Crippen molar-refractivity contribution in [3.63, 3.8) is 0 Å². The van der Waals surface area contributed by atoms with E-state index >= 15 is 0 Å². The zero-order chi connectivity index (χ0) is 25.8. The first-order valence-electron chi connectivity index (χ1n) is 11.7. The zero-order valence-electron chi connectivity index (χ0n) is 20.2. The van der Waals surface area contributed by atoms with Crippen molar-refractivity contribution in [2.45, 2.75) is 45.3 Å². The fraction of sp³-hybridized carbons (Fsp3) is 0.542. The molecule has 0 spiro atoms. The molecule has 0 aromatic heterocycles. The summed E-state index contributed by atoms with van der Waals surface area (Å²) in [6, 6.07) is 7.74. The minimum absolute atomic E-state index is 0.113. The standard InChI is InChI=1S/C24H35N2O8P/c1-4-19-21(23(28)25-14-10-11-15-34-35(31,32-5-2)33-6-3)22(24(29)30)20(17-27)26(19)16-18-12-8-7-9-13-18/h4,7-9,12-13,17,19-22H,1,5-6,10-11,14-16H2,2-3H3,(H,25,28)(H,29,30). The summed E-state index contributed by atoms with van der Waals surface area (Å²) in [6.07, 6.45) is 3.09. The SMILES string of the molecule is C=CC1C(C(=O)NCCCCOP(=O)(OCC)OCC)C(C(=O)O)C(C=O)N1Cc1ccccc1. The summed E-state index contributed by atoms with van der Waals surface area (Å²) in [5.41, 5.74) is 0.896. The van der Waals surface area contributed by atoms with Gasteiger partial charge in [-0.15, -0.1) is 6.58 Å². The van der Waals surface area contributed by atoms with Gasteiger partial charge in [-0.25, -0.2) is 4.57 Å². The Morgan fingerprint density at radius 2 is 1.74 bits per heavy atom. The third-order valence-electron chi connectivity index (χ3n) is 5.76.